The first-order valence-corrected chi connectivity index (χ1v) is 9.46. The minimum Gasteiger partial charge on any atom is -0.326 e. The fourth-order valence-electron chi connectivity index (χ4n) is 3.66. The van der Waals surface area contributed by atoms with Gasteiger partial charge in [0.25, 0.3) is 0 Å². The first-order chi connectivity index (χ1) is 12.6. The predicted molar refractivity (Wildman–Crippen MR) is 107 cm³/mol. The molecule has 0 radical (unpaired) electrons. The Labute approximate surface area is 156 Å². The van der Waals surface area contributed by atoms with E-state index in [9.17, 15) is 4.79 Å². The number of nitrogens with one attached hydrogen (secondary N) is 2. The number of likely N-dealkylation sites (tertiary alicyclic amines) is 1. The molecule has 1 amide bonds. The first-order valence-electron chi connectivity index (χ1n) is 9.46. The molecule has 26 heavy (non-hydrogen) atoms. The summed E-state index contributed by atoms with van der Waals surface area (Å²) in [5.74, 6) is 0.635. The van der Waals surface area contributed by atoms with Crippen molar-refractivity contribution in [3.05, 3.63) is 65.7 Å². The van der Waals surface area contributed by atoms with Gasteiger partial charge in [0.1, 0.15) is 0 Å². The van der Waals surface area contributed by atoms with Crippen molar-refractivity contribution in [2.24, 2.45) is 5.92 Å². The van der Waals surface area contributed by atoms with Crippen molar-refractivity contribution in [2.75, 3.05) is 25.0 Å². The van der Waals surface area contributed by atoms with E-state index < -0.39 is 0 Å². The van der Waals surface area contributed by atoms with Crippen molar-refractivity contribution < 1.29 is 4.79 Å². The molecule has 2 N–H and O–H groups in total. The van der Waals surface area contributed by atoms with Gasteiger partial charge < -0.3 is 10.6 Å². The third-order valence-electron chi connectivity index (χ3n) is 5.03. The summed E-state index contributed by atoms with van der Waals surface area (Å²) < 4.78 is 0. The van der Waals surface area contributed by atoms with Crippen molar-refractivity contribution in [2.45, 2.75) is 32.9 Å². The van der Waals surface area contributed by atoms with Crippen LogP contribution in [0.2, 0.25) is 0 Å². The van der Waals surface area contributed by atoms with Gasteiger partial charge in [0.2, 0.25) is 5.91 Å². The Morgan fingerprint density at radius 2 is 1.77 bits per heavy atom. The van der Waals surface area contributed by atoms with Crippen LogP contribution < -0.4 is 10.6 Å². The molecule has 1 heterocycles. The molecule has 1 aliphatic heterocycles. The highest BCUT2D eigenvalue weighted by molar-refractivity contribution is 5.88. The van der Waals surface area contributed by atoms with Gasteiger partial charge in [0.15, 0.2) is 0 Å². The van der Waals surface area contributed by atoms with Crippen LogP contribution in [0.1, 0.15) is 25.0 Å². The summed E-state index contributed by atoms with van der Waals surface area (Å²) in [6.07, 6.45) is 1.00. The number of benzene rings is 2. The number of hydrogen-bond donors (Lipinski definition) is 2. The number of nitrogens with zero attached hydrogens (tertiary/aromatic N) is 1. The fraction of sp³-hybridized carbons (Fsp3) is 0.409. The van der Waals surface area contributed by atoms with Gasteiger partial charge in [0, 0.05) is 38.3 Å². The Morgan fingerprint density at radius 1 is 1.04 bits per heavy atom. The molecule has 0 aliphatic carbocycles. The summed E-state index contributed by atoms with van der Waals surface area (Å²) in [5, 5.41) is 6.53. The Balaban J connectivity index is 1.42. The third-order valence-corrected chi connectivity index (χ3v) is 5.03. The molecule has 4 heteroatoms. The van der Waals surface area contributed by atoms with E-state index in [0.29, 0.717) is 12.0 Å². The van der Waals surface area contributed by atoms with Gasteiger partial charge in [-0.15, -0.1) is 0 Å². The second kappa shape index (κ2) is 8.97. The molecule has 2 aromatic rings. The highest BCUT2D eigenvalue weighted by Crippen LogP contribution is 2.19. The Morgan fingerprint density at radius 3 is 2.46 bits per heavy atom. The molecule has 0 unspecified atom stereocenters. The van der Waals surface area contributed by atoms with Crippen LogP contribution in [0.3, 0.4) is 0 Å². The van der Waals surface area contributed by atoms with Crippen molar-refractivity contribution >= 4 is 11.6 Å². The number of carbonyl (C=O) groups is 1. The number of amides is 1. The smallest absolute Gasteiger partial charge is 0.221 e. The molecule has 1 saturated heterocycles. The van der Waals surface area contributed by atoms with E-state index in [4.69, 9.17) is 0 Å². The van der Waals surface area contributed by atoms with E-state index in [-0.39, 0.29) is 5.91 Å². The molecule has 3 rings (SSSR count). The number of carbonyl (C=O) groups excluding carboxylic acids is 1. The molecule has 2 aromatic carbocycles. The summed E-state index contributed by atoms with van der Waals surface area (Å²) in [6.45, 7) is 8.14. The molecule has 0 saturated carbocycles. The zero-order chi connectivity index (χ0) is 18.4. The van der Waals surface area contributed by atoms with Gasteiger partial charge in [-0.2, -0.15) is 0 Å². The molecule has 0 aromatic heterocycles. The van der Waals surface area contributed by atoms with Crippen LogP contribution in [0.15, 0.2) is 54.6 Å². The lowest BCUT2D eigenvalue weighted by Gasteiger charge is -2.17. The van der Waals surface area contributed by atoms with Gasteiger partial charge >= 0.3 is 0 Å². The summed E-state index contributed by atoms with van der Waals surface area (Å²) in [5.41, 5.74) is 3.54. The SMILES string of the molecule is CC(=O)Nc1ccc(CCN[C@@H]2CN(Cc3ccccc3)C[C@@H]2C)cc1. The maximum Gasteiger partial charge on any atom is 0.221 e. The fourth-order valence-corrected chi connectivity index (χ4v) is 3.66. The van der Waals surface area contributed by atoms with E-state index in [1.807, 2.05) is 12.1 Å². The molecular weight excluding hydrogens is 322 g/mol. The van der Waals surface area contributed by atoms with Gasteiger partial charge in [0.05, 0.1) is 0 Å². The number of hydrogen-bond acceptors (Lipinski definition) is 3. The van der Waals surface area contributed by atoms with E-state index in [2.05, 4.69) is 64.9 Å². The quantitative estimate of drug-likeness (QED) is 0.804. The maximum absolute atomic E-state index is 11.1. The lowest BCUT2D eigenvalue weighted by atomic mass is 10.1. The van der Waals surface area contributed by atoms with Gasteiger partial charge in [-0.25, -0.2) is 0 Å². The number of rotatable bonds is 7. The highest BCUT2D eigenvalue weighted by Gasteiger charge is 2.28. The summed E-state index contributed by atoms with van der Waals surface area (Å²) in [4.78, 5) is 13.6. The van der Waals surface area contributed by atoms with Crippen molar-refractivity contribution in [1.29, 1.82) is 0 Å². The minimum absolute atomic E-state index is 0.0327. The van der Waals surface area contributed by atoms with Crippen molar-refractivity contribution in [3.8, 4) is 0 Å². The summed E-state index contributed by atoms with van der Waals surface area (Å²) in [7, 11) is 0. The van der Waals surface area contributed by atoms with E-state index in [0.717, 1.165) is 38.3 Å². The molecular formula is C22H29N3O. The minimum atomic E-state index is -0.0327. The largest absolute Gasteiger partial charge is 0.326 e. The lowest BCUT2D eigenvalue weighted by Crippen LogP contribution is -2.36. The van der Waals surface area contributed by atoms with Crippen LogP contribution >= 0.6 is 0 Å². The summed E-state index contributed by atoms with van der Waals surface area (Å²) >= 11 is 0. The molecule has 138 valence electrons. The lowest BCUT2D eigenvalue weighted by molar-refractivity contribution is -0.114. The molecule has 2 atom stereocenters. The zero-order valence-electron chi connectivity index (χ0n) is 15.7. The van der Waals surface area contributed by atoms with Gasteiger partial charge in [-0.1, -0.05) is 49.4 Å². The van der Waals surface area contributed by atoms with Crippen LogP contribution in [0, 0.1) is 5.92 Å². The van der Waals surface area contributed by atoms with Crippen LogP contribution in [-0.4, -0.2) is 36.5 Å². The zero-order valence-corrected chi connectivity index (χ0v) is 15.7. The molecule has 4 nitrogen and oxygen atoms in total. The maximum atomic E-state index is 11.1. The third kappa shape index (κ3) is 5.41. The molecule has 1 aliphatic rings. The standard InChI is InChI=1S/C22H29N3O/c1-17-14-25(15-20-6-4-3-5-7-20)16-22(17)23-13-12-19-8-10-21(11-9-19)24-18(2)26/h3-11,17,22-23H,12-16H2,1-2H3,(H,24,26)/t17-,22+/m0/s1. The second-order valence-electron chi connectivity index (χ2n) is 7.35. The van der Waals surface area contributed by atoms with Crippen molar-refractivity contribution in [1.82, 2.24) is 10.2 Å². The second-order valence-corrected chi connectivity index (χ2v) is 7.35. The van der Waals surface area contributed by atoms with E-state index in [1.54, 1.807) is 0 Å². The molecule has 1 fully saturated rings. The Kier molecular flexibility index (Phi) is 6.42. The number of anilines is 1. The molecule has 0 spiro atoms. The normalized spacial score (nSPS) is 20.2. The molecule has 0 bridgehead atoms. The Hall–Kier alpha value is -2.17. The van der Waals surface area contributed by atoms with Crippen LogP contribution in [0.4, 0.5) is 5.69 Å². The van der Waals surface area contributed by atoms with Gasteiger partial charge in [-0.3, -0.25) is 9.69 Å². The van der Waals surface area contributed by atoms with E-state index in [1.165, 1.54) is 18.1 Å². The summed E-state index contributed by atoms with van der Waals surface area (Å²) in [6, 6.07) is 19.4. The monoisotopic (exact) mass is 351 g/mol. The van der Waals surface area contributed by atoms with Crippen LogP contribution in [0.5, 0.6) is 0 Å². The topological polar surface area (TPSA) is 44.4 Å². The highest BCUT2D eigenvalue weighted by atomic mass is 16.1. The predicted octanol–water partition coefficient (Wildman–Crippen LogP) is 3.30. The van der Waals surface area contributed by atoms with Crippen LogP contribution in [0.25, 0.3) is 0 Å². The Bertz CT molecular complexity index is 699. The van der Waals surface area contributed by atoms with Crippen molar-refractivity contribution in [3.63, 3.8) is 0 Å². The average Bonchev–Trinajstić information content (AvgIpc) is 2.96. The first kappa shape index (κ1) is 18.6. The average molecular weight is 351 g/mol. The van der Waals surface area contributed by atoms with Crippen LogP contribution in [-0.2, 0) is 17.8 Å². The van der Waals surface area contributed by atoms with E-state index >= 15 is 0 Å². The van der Waals surface area contributed by atoms with Gasteiger partial charge in [-0.05, 0) is 42.1 Å².